The van der Waals surface area contributed by atoms with Gasteiger partial charge in [-0.2, -0.15) is 11.3 Å². The van der Waals surface area contributed by atoms with E-state index in [1.165, 1.54) is 5.56 Å². The molecule has 0 saturated carbocycles. The molecule has 0 unspecified atom stereocenters. The molecule has 0 N–H and O–H groups in total. The Balaban J connectivity index is 1.94. The predicted molar refractivity (Wildman–Crippen MR) is 65.9 cm³/mol. The zero-order chi connectivity index (χ0) is 11.7. The molecule has 0 aliphatic carbocycles. The van der Waals surface area contributed by atoms with Gasteiger partial charge in [-0.05, 0) is 29.3 Å². The number of aryl methyl sites for hydroxylation is 1. The Morgan fingerprint density at radius 1 is 1.47 bits per heavy atom. The summed E-state index contributed by atoms with van der Waals surface area (Å²) in [5, 5.41) is 8.09. The Kier molecular flexibility index (Phi) is 2.53. The first-order chi connectivity index (χ1) is 8.33. The van der Waals surface area contributed by atoms with Crippen molar-refractivity contribution in [3.8, 4) is 11.6 Å². The molecule has 0 atom stereocenters. The van der Waals surface area contributed by atoms with Crippen LogP contribution in [0.1, 0.15) is 11.3 Å². The van der Waals surface area contributed by atoms with E-state index in [4.69, 9.17) is 4.52 Å². The van der Waals surface area contributed by atoms with E-state index in [9.17, 15) is 0 Å². The summed E-state index contributed by atoms with van der Waals surface area (Å²) >= 11 is 1.70. The summed E-state index contributed by atoms with van der Waals surface area (Å²) in [4.78, 5) is 4.31. The highest BCUT2D eigenvalue weighted by molar-refractivity contribution is 7.07. The van der Waals surface area contributed by atoms with Crippen molar-refractivity contribution in [2.45, 2.75) is 13.5 Å². The fourth-order valence-electron chi connectivity index (χ4n) is 1.71. The topological polar surface area (TPSA) is 43.9 Å². The summed E-state index contributed by atoms with van der Waals surface area (Å²) in [6.45, 7) is 2.71. The second kappa shape index (κ2) is 4.18. The van der Waals surface area contributed by atoms with E-state index in [-0.39, 0.29) is 0 Å². The Labute approximate surface area is 103 Å². The van der Waals surface area contributed by atoms with Crippen LogP contribution in [0.5, 0.6) is 0 Å². The van der Waals surface area contributed by atoms with Crippen LogP contribution in [0.15, 0.2) is 39.8 Å². The first kappa shape index (κ1) is 10.3. The predicted octanol–water partition coefficient (Wildman–Crippen LogP) is 2.96. The van der Waals surface area contributed by atoms with Gasteiger partial charge in [0, 0.05) is 25.0 Å². The third kappa shape index (κ3) is 2.01. The zero-order valence-corrected chi connectivity index (χ0v) is 10.1. The second-order valence-corrected chi connectivity index (χ2v) is 4.62. The third-order valence-corrected chi connectivity index (χ3v) is 3.23. The smallest absolute Gasteiger partial charge is 0.202 e. The van der Waals surface area contributed by atoms with Crippen LogP contribution >= 0.6 is 11.3 Å². The van der Waals surface area contributed by atoms with Gasteiger partial charge in [-0.1, -0.05) is 5.16 Å². The van der Waals surface area contributed by atoms with Crippen molar-refractivity contribution < 1.29 is 4.52 Å². The van der Waals surface area contributed by atoms with Crippen LogP contribution in [0.25, 0.3) is 11.6 Å². The van der Waals surface area contributed by atoms with E-state index < -0.39 is 0 Å². The lowest BCUT2D eigenvalue weighted by Crippen LogP contribution is -1.99. The van der Waals surface area contributed by atoms with Crippen molar-refractivity contribution in [3.63, 3.8) is 0 Å². The monoisotopic (exact) mass is 245 g/mol. The van der Waals surface area contributed by atoms with Gasteiger partial charge in [0.05, 0.1) is 5.69 Å². The first-order valence-corrected chi connectivity index (χ1v) is 6.23. The Bertz CT molecular complexity index is 609. The number of imidazole rings is 1. The molecular weight excluding hydrogens is 234 g/mol. The Morgan fingerprint density at radius 2 is 2.41 bits per heavy atom. The number of nitrogens with zero attached hydrogens (tertiary/aromatic N) is 3. The molecule has 0 bridgehead atoms. The number of thiophene rings is 1. The normalized spacial score (nSPS) is 10.9. The largest absolute Gasteiger partial charge is 0.353 e. The molecule has 4 nitrogen and oxygen atoms in total. The average molecular weight is 245 g/mol. The van der Waals surface area contributed by atoms with E-state index in [0.717, 1.165) is 18.1 Å². The van der Waals surface area contributed by atoms with Crippen LogP contribution in [0.2, 0.25) is 0 Å². The summed E-state index contributed by atoms with van der Waals surface area (Å²) < 4.78 is 7.30. The minimum atomic E-state index is 0.711. The molecule has 5 heteroatoms. The van der Waals surface area contributed by atoms with Gasteiger partial charge in [0.1, 0.15) is 0 Å². The maximum Gasteiger partial charge on any atom is 0.202 e. The van der Waals surface area contributed by atoms with Gasteiger partial charge in [-0.3, -0.25) is 0 Å². The fourth-order valence-corrected chi connectivity index (χ4v) is 2.37. The molecule has 0 fully saturated rings. The fraction of sp³-hybridized carbons (Fsp3) is 0.167. The minimum Gasteiger partial charge on any atom is -0.353 e. The van der Waals surface area contributed by atoms with Gasteiger partial charge < -0.3 is 9.09 Å². The zero-order valence-electron chi connectivity index (χ0n) is 9.33. The SMILES string of the molecule is Cc1cc(-c2nccn2Cc2ccsc2)on1. The number of rotatable bonds is 3. The number of hydrogen-bond donors (Lipinski definition) is 0. The lowest BCUT2D eigenvalue weighted by Gasteiger charge is -2.03. The summed E-state index contributed by atoms with van der Waals surface area (Å²) in [6.07, 6.45) is 3.73. The molecule has 0 aliphatic heterocycles. The molecule has 3 aromatic rings. The van der Waals surface area contributed by atoms with Crippen molar-refractivity contribution in [3.05, 3.63) is 46.5 Å². The quantitative estimate of drug-likeness (QED) is 0.712. The molecule has 0 spiro atoms. The molecule has 3 rings (SSSR count). The summed E-state index contributed by atoms with van der Waals surface area (Å²) in [5.41, 5.74) is 2.13. The highest BCUT2D eigenvalue weighted by Gasteiger charge is 2.11. The van der Waals surface area contributed by atoms with Gasteiger partial charge in [0.2, 0.25) is 5.76 Å². The van der Waals surface area contributed by atoms with Gasteiger partial charge >= 0.3 is 0 Å². The lowest BCUT2D eigenvalue weighted by atomic mass is 10.3. The van der Waals surface area contributed by atoms with Crippen LogP contribution in [0.3, 0.4) is 0 Å². The highest BCUT2D eigenvalue weighted by atomic mass is 32.1. The van der Waals surface area contributed by atoms with Crippen LogP contribution < -0.4 is 0 Å². The maximum atomic E-state index is 5.24. The second-order valence-electron chi connectivity index (χ2n) is 3.84. The van der Waals surface area contributed by atoms with Crippen molar-refractivity contribution >= 4 is 11.3 Å². The van der Waals surface area contributed by atoms with Gasteiger partial charge in [0.25, 0.3) is 0 Å². The van der Waals surface area contributed by atoms with E-state index in [0.29, 0.717) is 5.76 Å². The van der Waals surface area contributed by atoms with Crippen LogP contribution in [0, 0.1) is 6.92 Å². The van der Waals surface area contributed by atoms with Gasteiger partial charge in [-0.15, -0.1) is 0 Å². The van der Waals surface area contributed by atoms with Crippen molar-refractivity contribution in [1.82, 2.24) is 14.7 Å². The molecule has 0 aliphatic rings. The minimum absolute atomic E-state index is 0.711. The summed E-state index contributed by atoms with van der Waals surface area (Å²) in [7, 11) is 0. The summed E-state index contributed by atoms with van der Waals surface area (Å²) in [6, 6.07) is 4.01. The maximum absolute atomic E-state index is 5.24. The van der Waals surface area contributed by atoms with Crippen LogP contribution in [0.4, 0.5) is 0 Å². The molecule has 0 radical (unpaired) electrons. The average Bonchev–Trinajstić information content (AvgIpc) is 2.99. The Hall–Kier alpha value is -1.88. The summed E-state index contributed by atoms with van der Waals surface area (Å²) in [5.74, 6) is 1.53. The lowest BCUT2D eigenvalue weighted by molar-refractivity contribution is 0.423. The standard InChI is InChI=1S/C12H11N3OS/c1-9-6-11(16-14-9)12-13-3-4-15(12)7-10-2-5-17-8-10/h2-6,8H,7H2,1H3. The van der Waals surface area contributed by atoms with Crippen LogP contribution in [-0.4, -0.2) is 14.7 Å². The highest BCUT2D eigenvalue weighted by Crippen LogP contribution is 2.19. The molecule has 3 aromatic heterocycles. The first-order valence-electron chi connectivity index (χ1n) is 5.29. The van der Waals surface area contributed by atoms with Crippen molar-refractivity contribution in [2.75, 3.05) is 0 Å². The van der Waals surface area contributed by atoms with Crippen molar-refractivity contribution in [1.29, 1.82) is 0 Å². The molecule has 0 aromatic carbocycles. The molecule has 17 heavy (non-hydrogen) atoms. The number of hydrogen-bond acceptors (Lipinski definition) is 4. The van der Waals surface area contributed by atoms with Crippen molar-refractivity contribution in [2.24, 2.45) is 0 Å². The Morgan fingerprint density at radius 3 is 3.12 bits per heavy atom. The number of aromatic nitrogens is 3. The van der Waals surface area contributed by atoms with Gasteiger partial charge in [0.15, 0.2) is 5.82 Å². The van der Waals surface area contributed by atoms with E-state index in [1.807, 2.05) is 19.2 Å². The van der Waals surface area contributed by atoms with E-state index in [2.05, 4.69) is 31.5 Å². The molecule has 0 saturated heterocycles. The molecule has 0 amide bonds. The molecular formula is C12H11N3OS. The van der Waals surface area contributed by atoms with E-state index >= 15 is 0 Å². The van der Waals surface area contributed by atoms with Crippen LogP contribution in [-0.2, 0) is 6.54 Å². The molecule has 86 valence electrons. The van der Waals surface area contributed by atoms with E-state index in [1.54, 1.807) is 17.5 Å². The third-order valence-electron chi connectivity index (χ3n) is 2.50. The molecule has 3 heterocycles. The van der Waals surface area contributed by atoms with Gasteiger partial charge in [-0.25, -0.2) is 4.98 Å².